The third-order valence-electron chi connectivity index (χ3n) is 10.9. The first-order valence-electron chi connectivity index (χ1n) is 19.3. The van der Waals surface area contributed by atoms with Crippen molar-refractivity contribution in [1.82, 2.24) is 15.2 Å². The molecule has 0 unspecified atom stereocenters. The van der Waals surface area contributed by atoms with E-state index in [4.69, 9.17) is 10.5 Å². The third-order valence-corrected chi connectivity index (χ3v) is 10.9. The lowest BCUT2D eigenvalue weighted by atomic mass is 9.84. The van der Waals surface area contributed by atoms with Gasteiger partial charge in [0.2, 0.25) is 17.7 Å². The number of nitrogens with two attached hydrogens (primary N) is 1. The van der Waals surface area contributed by atoms with Crippen LogP contribution in [0, 0.1) is 12.8 Å². The number of hydrogen-bond donors (Lipinski definition) is 4. The summed E-state index contributed by atoms with van der Waals surface area (Å²) in [5.74, 6) is -1.15. The Labute approximate surface area is 316 Å². The van der Waals surface area contributed by atoms with Crippen LogP contribution in [0.1, 0.15) is 98.5 Å². The highest BCUT2D eigenvalue weighted by atomic mass is 16.5. The number of anilines is 1. The Morgan fingerprint density at radius 1 is 0.852 bits per heavy atom. The lowest BCUT2D eigenvalue weighted by Gasteiger charge is -2.28. The molecule has 1 fully saturated rings. The van der Waals surface area contributed by atoms with Crippen LogP contribution in [0.25, 0.3) is 22.0 Å². The number of alkyl carbamates (subject to hydrolysis) is 1. The quantitative estimate of drug-likeness (QED) is 0.104. The smallest absolute Gasteiger partial charge is 0.407 e. The summed E-state index contributed by atoms with van der Waals surface area (Å²) in [7, 11) is 0. The molecule has 284 valence electrons. The Kier molecular flexibility index (Phi) is 12.6. The summed E-state index contributed by atoms with van der Waals surface area (Å²) in [6, 6.07) is 20.9. The Bertz CT molecular complexity index is 2020. The van der Waals surface area contributed by atoms with Crippen LogP contribution in [0.3, 0.4) is 0 Å². The predicted octanol–water partition coefficient (Wildman–Crippen LogP) is 6.79. The van der Waals surface area contributed by atoms with Gasteiger partial charge >= 0.3 is 6.09 Å². The molecule has 0 bridgehead atoms. The second-order valence-electron chi connectivity index (χ2n) is 14.6. The van der Waals surface area contributed by atoms with Crippen LogP contribution in [-0.2, 0) is 14.3 Å². The maximum atomic E-state index is 14.1. The van der Waals surface area contributed by atoms with Crippen molar-refractivity contribution in [2.24, 2.45) is 11.7 Å². The molecule has 1 heterocycles. The van der Waals surface area contributed by atoms with E-state index >= 15 is 0 Å². The SMILES string of the molecule is CCC(=O)n1c(=O)cc(C)c2ccc(NC(=O)[C@H](CCCCN)NC(=O)[C@H](CC3CCCCC3)NC(=O)OCC3c4ccccc4-c4ccccc43)cc21. The van der Waals surface area contributed by atoms with Gasteiger partial charge < -0.3 is 26.4 Å². The van der Waals surface area contributed by atoms with Gasteiger partial charge in [0.1, 0.15) is 18.7 Å². The Hall–Kier alpha value is -5.29. The van der Waals surface area contributed by atoms with Crippen LogP contribution in [0.15, 0.2) is 77.6 Å². The summed E-state index contributed by atoms with van der Waals surface area (Å²) in [5, 5.41) is 9.41. The number of aromatic nitrogens is 1. The van der Waals surface area contributed by atoms with Gasteiger partial charge in [0, 0.05) is 29.5 Å². The number of pyridine rings is 1. The molecule has 2 aliphatic carbocycles. The molecule has 3 aromatic carbocycles. The number of carbonyl (C=O) groups is 4. The Morgan fingerprint density at radius 2 is 1.54 bits per heavy atom. The fourth-order valence-corrected chi connectivity index (χ4v) is 8.02. The van der Waals surface area contributed by atoms with Crippen molar-refractivity contribution in [2.75, 3.05) is 18.5 Å². The molecule has 2 aliphatic rings. The number of unbranched alkanes of at least 4 members (excludes halogenated alkanes) is 1. The molecular formula is C43H51N5O6. The number of hydrogen-bond acceptors (Lipinski definition) is 7. The van der Waals surface area contributed by atoms with E-state index in [1.165, 1.54) is 6.07 Å². The summed E-state index contributed by atoms with van der Waals surface area (Å²) in [4.78, 5) is 66.9. The molecule has 3 amide bonds. The number of amides is 3. The van der Waals surface area contributed by atoms with E-state index < -0.39 is 35.6 Å². The van der Waals surface area contributed by atoms with Crippen molar-refractivity contribution >= 4 is 40.4 Å². The highest BCUT2D eigenvalue weighted by Gasteiger charge is 2.32. The van der Waals surface area contributed by atoms with Gasteiger partial charge in [0.05, 0.1) is 5.52 Å². The molecule has 5 N–H and O–H groups in total. The fourth-order valence-electron chi connectivity index (χ4n) is 8.02. The Balaban J connectivity index is 1.18. The van der Waals surface area contributed by atoms with Gasteiger partial charge in [-0.1, -0.05) is 93.6 Å². The number of benzene rings is 3. The van der Waals surface area contributed by atoms with Crippen molar-refractivity contribution in [3.63, 3.8) is 0 Å². The predicted molar refractivity (Wildman–Crippen MR) is 211 cm³/mol. The van der Waals surface area contributed by atoms with Gasteiger partial charge in [-0.3, -0.25) is 19.2 Å². The minimum Gasteiger partial charge on any atom is -0.449 e. The van der Waals surface area contributed by atoms with Crippen molar-refractivity contribution in [2.45, 2.75) is 96.1 Å². The van der Waals surface area contributed by atoms with E-state index in [-0.39, 0.29) is 30.8 Å². The molecular weight excluding hydrogens is 683 g/mol. The lowest BCUT2D eigenvalue weighted by molar-refractivity contribution is -0.128. The molecule has 1 aromatic heterocycles. The van der Waals surface area contributed by atoms with E-state index in [0.717, 1.165) is 58.9 Å². The minimum atomic E-state index is -0.935. The lowest BCUT2D eigenvalue weighted by Crippen LogP contribution is -2.53. The first kappa shape index (κ1) is 38.4. The average Bonchev–Trinajstić information content (AvgIpc) is 3.50. The molecule has 11 nitrogen and oxygen atoms in total. The average molecular weight is 734 g/mol. The van der Waals surface area contributed by atoms with E-state index in [1.54, 1.807) is 32.0 Å². The van der Waals surface area contributed by atoms with E-state index in [2.05, 4.69) is 40.2 Å². The molecule has 0 aliphatic heterocycles. The molecule has 0 radical (unpaired) electrons. The summed E-state index contributed by atoms with van der Waals surface area (Å²) in [6.07, 6.45) is 6.65. The maximum Gasteiger partial charge on any atom is 0.407 e. The number of fused-ring (bicyclic) bond motifs is 4. The van der Waals surface area contributed by atoms with Crippen molar-refractivity contribution in [3.8, 4) is 11.1 Å². The standard InChI is InChI=1S/C43H51N5O6/c1-3-39(49)48-38-25-29(20-21-30(38)27(2)23-40(48)50)45-41(51)36(19-11-12-22-44)46-42(52)37(24-28-13-5-4-6-14-28)47-43(53)54-26-35-33-17-9-7-15-31(33)32-16-8-10-18-34(32)35/h7-10,15-18,20-21,23,25,28,35-37H,3-6,11-14,19,22,24,26,44H2,1-2H3,(H,45,51)(H,46,52)(H,47,53)/t36-,37-/m0/s1. The van der Waals surface area contributed by atoms with Crippen LogP contribution in [0.2, 0.25) is 0 Å². The zero-order valence-corrected chi connectivity index (χ0v) is 31.2. The van der Waals surface area contributed by atoms with Gasteiger partial charge in [0.25, 0.3) is 5.56 Å². The fraction of sp³-hybridized carbons (Fsp3) is 0.419. The normalized spacial score (nSPS) is 15.2. The number of nitrogens with one attached hydrogen (secondary N) is 3. The van der Waals surface area contributed by atoms with Crippen molar-refractivity contribution in [1.29, 1.82) is 0 Å². The first-order chi connectivity index (χ1) is 26.2. The van der Waals surface area contributed by atoms with Gasteiger partial charge in [-0.25, -0.2) is 9.36 Å². The number of aryl methyl sites for hydroxylation is 1. The minimum absolute atomic E-state index is 0.116. The molecule has 6 rings (SSSR count). The molecule has 1 saturated carbocycles. The summed E-state index contributed by atoms with van der Waals surface area (Å²) >= 11 is 0. The topological polar surface area (TPSA) is 162 Å². The number of carbonyl (C=O) groups excluding carboxylic acids is 4. The van der Waals surface area contributed by atoms with Crippen molar-refractivity contribution in [3.05, 3.63) is 99.8 Å². The van der Waals surface area contributed by atoms with E-state index in [0.29, 0.717) is 54.4 Å². The highest BCUT2D eigenvalue weighted by molar-refractivity contribution is 6.01. The monoisotopic (exact) mass is 733 g/mol. The summed E-state index contributed by atoms with van der Waals surface area (Å²) in [6.45, 7) is 4.03. The zero-order chi connectivity index (χ0) is 38.2. The van der Waals surface area contributed by atoms with Crippen LogP contribution in [-0.4, -0.2) is 53.6 Å². The zero-order valence-electron chi connectivity index (χ0n) is 31.2. The largest absolute Gasteiger partial charge is 0.449 e. The molecule has 54 heavy (non-hydrogen) atoms. The van der Waals surface area contributed by atoms with Crippen LogP contribution < -0.4 is 27.2 Å². The van der Waals surface area contributed by atoms with Gasteiger partial charge in [-0.2, -0.15) is 0 Å². The summed E-state index contributed by atoms with van der Waals surface area (Å²) in [5.41, 5.74) is 11.3. The highest BCUT2D eigenvalue weighted by Crippen LogP contribution is 2.44. The van der Waals surface area contributed by atoms with Gasteiger partial charge in [-0.05, 0) is 85.0 Å². The third kappa shape index (κ3) is 8.73. The second-order valence-corrected chi connectivity index (χ2v) is 14.6. The summed E-state index contributed by atoms with van der Waals surface area (Å²) < 4.78 is 6.96. The van der Waals surface area contributed by atoms with E-state index in [1.807, 2.05) is 24.3 Å². The Morgan fingerprint density at radius 3 is 2.20 bits per heavy atom. The molecule has 0 saturated heterocycles. The molecule has 2 atom stereocenters. The first-order valence-corrected chi connectivity index (χ1v) is 19.3. The van der Waals surface area contributed by atoms with Crippen LogP contribution in [0.5, 0.6) is 0 Å². The van der Waals surface area contributed by atoms with Gasteiger partial charge in [0.15, 0.2) is 0 Å². The van der Waals surface area contributed by atoms with Gasteiger partial charge in [-0.15, -0.1) is 0 Å². The number of ether oxygens (including phenoxy) is 1. The molecule has 4 aromatic rings. The number of nitrogens with zero attached hydrogens (tertiary/aromatic N) is 1. The maximum absolute atomic E-state index is 14.1. The molecule has 0 spiro atoms. The van der Waals surface area contributed by atoms with E-state index in [9.17, 15) is 24.0 Å². The molecule has 11 heteroatoms. The van der Waals surface area contributed by atoms with Crippen molar-refractivity contribution < 1.29 is 23.9 Å². The number of rotatable bonds is 14. The van der Waals surface area contributed by atoms with Crippen LogP contribution >= 0.6 is 0 Å². The second kappa shape index (κ2) is 17.7. The van der Waals surface area contributed by atoms with Crippen LogP contribution in [0.4, 0.5) is 10.5 Å².